The summed E-state index contributed by atoms with van der Waals surface area (Å²) in [5.41, 5.74) is 0. The maximum absolute atomic E-state index is 11.8. The molecule has 0 aromatic rings. The maximum atomic E-state index is 11.8. The van der Waals surface area contributed by atoms with Crippen LogP contribution >= 0.6 is 7.37 Å². The van der Waals surface area contributed by atoms with Crippen LogP contribution in [0.1, 0.15) is 13.3 Å². The molecule has 0 rings (SSSR count). The van der Waals surface area contributed by atoms with Gasteiger partial charge in [-0.3, -0.25) is 14.2 Å². The second-order valence-electron chi connectivity index (χ2n) is 4.10. The van der Waals surface area contributed by atoms with Gasteiger partial charge >= 0.3 is 18.1 Å². The Morgan fingerprint density at radius 3 is 2.32 bits per heavy atom. The summed E-state index contributed by atoms with van der Waals surface area (Å²) in [4.78, 5) is 30.3. The number of amides is 1. The van der Waals surface area contributed by atoms with Crippen molar-refractivity contribution < 1.29 is 37.3 Å². The number of aliphatic carboxylic acids is 1. The van der Waals surface area contributed by atoms with Crippen molar-refractivity contribution in [1.29, 1.82) is 0 Å². The van der Waals surface area contributed by atoms with Crippen LogP contribution in [0.4, 0.5) is 13.2 Å². The monoisotopic (exact) mass is 305 g/mol. The first-order chi connectivity index (χ1) is 8.46. The molecule has 0 aliphatic carbocycles. The standard InChI is InChI=1S/C9H15F3NO5P/c1-6(7(14)15)5-19(17,18)4-2-3-13-8(16)9(10,11)12/h6H,2-5H2,1H3,(H,13,16)(H,14,15)(H,17,18). The predicted molar refractivity (Wildman–Crippen MR) is 60.0 cm³/mol. The van der Waals surface area contributed by atoms with E-state index in [1.54, 1.807) is 5.32 Å². The predicted octanol–water partition coefficient (Wildman–Crippen LogP) is 1.05. The van der Waals surface area contributed by atoms with Crippen molar-refractivity contribution >= 4 is 19.2 Å². The van der Waals surface area contributed by atoms with E-state index < -0.39 is 44.0 Å². The van der Waals surface area contributed by atoms with E-state index in [0.29, 0.717) is 0 Å². The maximum Gasteiger partial charge on any atom is 0.471 e. The van der Waals surface area contributed by atoms with Gasteiger partial charge in [-0.05, 0) is 6.42 Å². The first-order valence-corrected chi connectivity index (χ1v) is 7.37. The second kappa shape index (κ2) is 6.91. The largest absolute Gasteiger partial charge is 0.481 e. The average Bonchev–Trinajstić information content (AvgIpc) is 2.21. The Kier molecular flexibility index (Phi) is 6.51. The fourth-order valence-corrected chi connectivity index (χ4v) is 3.07. The number of nitrogens with one attached hydrogen (secondary N) is 1. The summed E-state index contributed by atoms with van der Waals surface area (Å²) >= 11 is 0. The summed E-state index contributed by atoms with van der Waals surface area (Å²) in [6.07, 6.45) is -5.92. The van der Waals surface area contributed by atoms with Gasteiger partial charge < -0.3 is 15.3 Å². The van der Waals surface area contributed by atoms with Crippen LogP contribution < -0.4 is 5.32 Å². The van der Waals surface area contributed by atoms with Gasteiger partial charge in [0.05, 0.1) is 5.92 Å². The van der Waals surface area contributed by atoms with Crippen LogP contribution in [0.15, 0.2) is 0 Å². The summed E-state index contributed by atoms with van der Waals surface area (Å²) in [6.45, 7) is 0.862. The normalized spacial score (nSPS) is 16.5. The van der Waals surface area contributed by atoms with E-state index in [2.05, 4.69) is 0 Å². The Balaban J connectivity index is 4.04. The molecule has 0 fully saturated rings. The minimum absolute atomic E-state index is 0.137. The van der Waals surface area contributed by atoms with Crippen LogP contribution in [0, 0.1) is 5.92 Å². The molecule has 10 heteroatoms. The van der Waals surface area contributed by atoms with E-state index in [1.165, 1.54) is 6.92 Å². The molecule has 0 saturated carbocycles. The molecule has 0 aromatic carbocycles. The molecular formula is C9H15F3NO5P. The molecule has 0 heterocycles. The zero-order chi connectivity index (χ0) is 15.3. The highest BCUT2D eigenvalue weighted by atomic mass is 31.2. The quantitative estimate of drug-likeness (QED) is 0.482. The molecule has 0 radical (unpaired) electrons. The molecular weight excluding hydrogens is 290 g/mol. The Morgan fingerprint density at radius 1 is 1.37 bits per heavy atom. The van der Waals surface area contributed by atoms with Gasteiger partial charge in [-0.2, -0.15) is 13.2 Å². The lowest BCUT2D eigenvalue weighted by molar-refractivity contribution is -0.173. The van der Waals surface area contributed by atoms with Crippen molar-refractivity contribution in [3.8, 4) is 0 Å². The molecule has 0 aliphatic rings. The van der Waals surface area contributed by atoms with Gasteiger partial charge in [-0.15, -0.1) is 0 Å². The lowest BCUT2D eigenvalue weighted by Gasteiger charge is -2.14. The van der Waals surface area contributed by atoms with Gasteiger partial charge in [-0.25, -0.2) is 0 Å². The number of hydrogen-bond donors (Lipinski definition) is 3. The summed E-state index contributed by atoms with van der Waals surface area (Å²) in [5, 5.41) is 10.1. The molecule has 2 unspecified atom stereocenters. The minimum atomic E-state index is -4.99. The molecule has 0 saturated heterocycles. The number of carbonyl (C=O) groups excluding carboxylic acids is 1. The van der Waals surface area contributed by atoms with E-state index in [1.807, 2.05) is 0 Å². The summed E-state index contributed by atoms with van der Waals surface area (Å²) in [6, 6.07) is 0. The first-order valence-electron chi connectivity index (χ1n) is 5.34. The highest BCUT2D eigenvalue weighted by molar-refractivity contribution is 7.58. The number of hydrogen-bond acceptors (Lipinski definition) is 3. The van der Waals surface area contributed by atoms with Gasteiger partial charge in [0.25, 0.3) is 0 Å². The SMILES string of the molecule is CC(CP(=O)(O)CCCNC(=O)C(F)(F)F)C(=O)O. The molecule has 112 valence electrons. The van der Waals surface area contributed by atoms with Crippen molar-refractivity contribution in [3.05, 3.63) is 0 Å². The molecule has 6 nitrogen and oxygen atoms in total. The van der Waals surface area contributed by atoms with Gasteiger partial charge in [-0.1, -0.05) is 6.92 Å². The molecule has 0 aliphatic heterocycles. The summed E-state index contributed by atoms with van der Waals surface area (Å²) in [5.74, 6) is -4.35. The molecule has 1 amide bonds. The van der Waals surface area contributed by atoms with Crippen LogP contribution in [0.25, 0.3) is 0 Å². The van der Waals surface area contributed by atoms with Gasteiger partial charge in [0.2, 0.25) is 7.37 Å². The van der Waals surface area contributed by atoms with E-state index in [9.17, 15) is 32.2 Å². The van der Waals surface area contributed by atoms with Crippen LogP contribution in [0.3, 0.4) is 0 Å². The fraction of sp³-hybridized carbons (Fsp3) is 0.778. The smallest absolute Gasteiger partial charge is 0.471 e. The third-order valence-electron chi connectivity index (χ3n) is 2.21. The third kappa shape index (κ3) is 7.84. The molecule has 3 N–H and O–H groups in total. The van der Waals surface area contributed by atoms with Gasteiger partial charge in [0.15, 0.2) is 0 Å². The van der Waals surface area contributed by atoms with E-state index in [4.69, 9.17) is 5.11 Å². The number of rotatable bonds is 7. The van der Waals surface area contributed by atoms with Crippen molar-refractivity contribution in [3.63, 3.8) is 0 Å². The van der Waals surface area contributed by atoms with Crippen molar-refractivity contribution in [2.45, 2.75) is 19.5 Å². The van der Waals surface area contributed by atoms with E-state index >= 15 is 0 Å². The molecule has 0 aromatic heterocycles. The van der Waals surface area contributed by atoms with Crippen LogP contribution in [-0.4, -0.2) is 46.9 Å². The topological polar surface area (TPSA) is 104 Å². The lowest BCUT2D eigenvalue weighted by atomic mass is 10.2. The Labute approximate surface area is 107 Å². The zero-order valence-corrected chi connectivity index (χ0v) is 11.0. The third-order valence-corrected chi connectivity index (χ3v) is 4.34. The zero-order valence-electron chi connectivity index (χ0n) is 10.1. The molecule has 19 heavy (non-hydrogen) atoms. The van der Waals surface area contributed by atoms with Crippen LogP contribution in [-0.2, 0) is 14.2 Å². The lowest BCUT2D eigenvalue weighted by Crippen LogP contribution is -2.37. The van der Waals surface area contributed by atoms with Gasteiger partial charge in [0.1, 0.15) is 0 Å². The number of halogens is 3. The first kappa shape index (κ1) is 17.9. The molecule has 0 bridgehead atoms. The average molecular weight is 305 g/mol. The van der Waals surface area contributed by atoms with Gasteiger partial charge in [0, 0.05) is 18.9 Å². The van der Waals surface area contributed by atoms with Crippen LogP contribution in [0.5, 0.6) is 0 Å². The number of carboxylic acid groups (broad SMARTS) is 1. The Hall–Kier alpha value is -1.08. The van der Waals surface area contributed by atoms with E-state index in [-0.39, 0.29) is 12.6 Å². The highest BCUT2D eigenvalue weighted by Crippen LogP contribution is 2.42. The van der Waals surface area contributed by atoms with Crippen molar-refractivity contribution in [2.75, 3.05) is 18.9 Å². The Morgan fingerprint density at radius 2 is 1.89 bits per heavy atom. The number of carbonyl (C=O) groups is 2. The Bertz CT molecular complexity index is 385. The number of carboxylic acids is 1. The molecule has 0 spiro atoms. The van der Waals surface area contributed by atoms with E-state index in [0.717, 1.165) is 0 Å². The minimum Gasteiger partial charge on any atom is -0.481 e. The number of alkyl halides is 3. The van der Waals surface area contributed by atoms with Crippen molar-refractivity contribution in [2.24, 2.45) is 5.92 Å². The van der Waals surface area contributed by atoms with Crippen LogP contribution in [0.2, 0.25) is 0 Å². The molecule has 2 atom stereocenters. The second-order valence-corrected chi connectivity index (χ2v) is 6.60. The highest BCUT2D eigenvalue weighted by Gasteiger charge is 2.38. The fourth-order valence-electron chi connectivity index (χ4n) is 1.23. The van der Waals surface area contributed by atoms with Crippen molar-refractivity contribution in [1.82, 2.24) is 5.32 Å². The summed E-state index contributed by atoms with van der Waals surface area (Å²) < 4.78 is 46.9. The summed E-state index contributed by atoms with van der Waals surface area (Å²) in [7, 11) is -3.72.